The Balaban J connectivity index is 1.55. The van der Waals surface area contributed by atoms with Gasteiger partial charge in [0, 0.05) is 51.9 Å². The number of nitrogens with one attached hydrogen (secondary N) is 1. The molecule has 0 aliphatic heterocycles. The van der Waals surface area contributed by atoms with E-state index in [4.69, 9.17) is 0 Å². The molecular weight excluding hydrogens is 356 g/mol. The molecule has 1 aromatic heterocycles. The van der Waals surface area contributed by atoms with E-state index in [1.165, 1.54) is 27.4 Å². The molecule has 0 spiro atoms. The molecule has 3 heteroatoms. The lowest BCUT2D eigenvalue weighted by Gasteiger charge is -2.05. The maximum atomic E-state index is 12.4. The number of anilines is 1. The second-order valence-corrected chi connectivity index (χ2v) is 7.61. The maximum Gasteiger partial charge on any atom is 0.187 e. The van der Waals surface area contributed by atoms with Gasteiger partial charge in [-0.05, 0) is 42.7 Å². The predicted octanol–water partition coefficient (Wildman–Crippen LogP) is 6.75. The Hall–Kier alpha value is -3.33. The number of carbonyl (C=O) groups excluding carboxylic acids is 1. The van der Waals surface area contributed by atoms with Gasteiger partial charge in [-0.3, -0.25) is 4.79 Å². The molecule has 0 aliphatic rings. The van der Waals surface area contributed by atoms with Crippen molar-refractivity contribution in [1.82, 2.24) is 4.57 Å². The number of nitrogens with zero attached hydrogens (tertiary/aromatic N) is 1. The van der Waals surface area contributed by atoms with Crippen molar-refractivity contribution in [2.24, 2.45) is 0 Å². The molecule has 3 aromatic carbocycles. The molecule has 1 N–H and O–H groups in total. The summed E-state index contributed by atoms with van der Waals surface area (Å²) in [5, 5.41) is 5.72. The van der Waals surface area contributed by atoms with Gasteiger partial charge < -0.3 is 9.88 Å². The summed E-state index contributed by atoms with van der Waals surface area (Å²) in [6.45, 7) is 7.39. The van der Waals surface area contributed by atoms with Crippen molar-refractivity contribution < 1.29 is 4.79 Å². The van der Waals surface area contributed by atoms with E-state index >= 15 is 0 Å². The van der Waals surface area contributed by atoms with Crippen LogP contribution in [0.5, 0.6) is 0 Å². The fourth-order valence-corrected chi connectivity index (χ4v) is 3.83. The van der Waals surface area contributed by atoms with Crippen LogP contribution < -0.4 is 5.32 Å². The highest BCUT2D eigenvalue weighted by Gasteiger charge is 2.09. The molecule has 0 bridgehead atoms. The second-order valence-electron chi connectivity index (χ2n) is 7.61. The molecule has 4 aromatic rings. The summed E-state index contributed by atoms with van der Waals surface area (Å²) in [7, 11) is 0. The largest absolute Gasteiger partial charge is 0.362 e. The zero-order valence-corrected chi connectivity index (χ0v) is 17.1. The molecular formula is C26H26N2O. The molecule has 0 amide bonds. The summed E-state index contributed by atoms with van der Waals surface area (Å²) in [6, 6.07) is 22.7. The molecule has 0 saturated heterocycles. The van der Waals surface area contributed by atoms with E-state index in [2.05, 4.69) is 73.1 Å². The van der Waals surface area contributed by atoms with Crippen LogP contribution in [0.3, 0.4) is 0 Å². The highest BCUT2D eigenvalue weighted by molar-refractivity contribution is 6.09. The number of aryl methyl sites for hydroxylation is 1. The lowest BCUT2D eigenvalue weighted by atomic mass is 10.0. The van der Waals surface area contributed by atoms with Crippen molar-refractivity contribution in [2.45, 2.75) is 33.2 Å². The Labute approximate surface area is 171 Å². The van der Waals surface area contributed by atoms with Crippen molar-refractivity contribution in [3.8, 4) is 0 Å². The first-order valence-electron chi connectivity index (χ1n) is 10.2. The summed E-state index contributed by atoms with van der Waals surface area (Å²) in [5.74, 6) is 0.460. The van der Waals surface area contributed by atoms with E-state index in [9.17, 15) is 4.79 Å². The standard InChI is InChI=1S/C26H26N2O/c1-4-28-24-8-6-5-7-22(24)23-17-21(13-14-25(23)28)27-16-15-26(29)20-11-9-19(10-12-20)18(2)3/h5-18,27H,4H2,1-3H3/b16-15+. The number of para-hydroxylation sites is 1. The van der Waals surface area contributed by atoms with Gasteiger partial charge in [0.25, 0.3) is 0 Å². The lowest BCUT2D eigenvalue weighted by Crippen LogP contribution is -1.97. The van der Waals surface area contributed by atoms with Crippen molar-refractivity contribution >= 4 is 33.3 Å². The van der Waals surface area contributed by atoms with Crippen LogP contribution in [0.25, 0.3) is 21.8 Å². The van der Waals surface area contributed by atoms with Crippen LogP contribution in [-0.2, 0) is 6.54 Å². The molecule has 4 rings (SSSR count). The van der Waals surface area contributed by atoms with E-state index in [1.54, 1.807) is 12.3 Å². The van der Waals surface area contributed by atoms with E-state index in [0.29, 0.717) is 11.5 Å². The number of carbonyl (C=O) groups is 1. The number of hydrogen-bond acceptors (Lipinski definition) is 2. The fourth-order valence-electron chi connectivity index (χ4n) is 3.83. The van der Waals surface area contributed by atoms with Crippen molar-refractivity contribution in [3.05, 3.63) is 90.1 Å². The van der Waals surface area contributed by atoms with E-state index in [0.717, 1.165) is 12.2 Å². The van der Waals surface area contributed by atoms with Crippen molar-refractivity contribution in [3.63, 3.8) is 0 Å². The molecule has 0 fully saturated rings. The molecule has 1 heterocycles. The lowest BCUT2D eigenvalue weighted by molar-refractivity contribution is 0.104. The predicted molar refractivity (Wildman–Crippen MR) is 123 cm³/mol. The molecule has 0 unspecified atom stereocenters. The van der Waals surface area contributed by atoms with Gasteiger partial charge in [0.15, 0.2) is 5.78 Å². The second kappa shape index (κ2) is 7.96. The smallest absolute Gasteiger partial charge is 0.187 e. The summed E-state index contributed by atoms with van der Waals surface area (Å²) in [5.41, 5.74) is 5.38. The van der Waals surface area contributed by atoms with Crippen molar-refractivity contribution in [2.75, 3.05) is 5.32 Å². The monoisotopic (exact) mass is 382 g/mol. The van der Waals surface area contributed by atoms with Gasteiger partial charge >= 0.3 is 0 Å². The Bertz CT molecular complexity index is 1200. The maximum absolute atomic E-state index is 12.4. The molecule has 0 aliphatic carbocycles. The van der Waals surface area contributed by atoms with Gasteiger partial charge in [-0.2, -0.15) is 0 Å². The van der Waals surface area contributed by atoms with Crippen LogP contribution in [-0.4, -0.2) is 10.4 Å². The Morgan fingerprint density at radius 1 is 0.966 bits per heavy atom. The number of allylic oxidation sites excluding steroid dienone is 1. The topological polar surface area (TPSA) is 34.0 Å². The number of rotatable bonds is 6. The average Bonchev–Trinajstić information content (AvgIpc) is 3.07. The quantitative estimate of drug-likeness (QED) is 0.296. The van der Waals surface area contributed by atoms with Gasteiger partial charge in [0.05, 0.1) is 0 Å². The van der Waals surface area contributed by atoms with Gasteiger partial charge in [-0.25, -0.2) is 0 Å². The summed E-state index contributed by atoms with van der Waals surface area (Å²) >= 11 is 0. The minimum atomic E-state index is -0.00327. The average molecular weight is 383 g/mol. The Kier molecular flexibility index (Phi) is 5.22. The minimum absolute atomic E-state index is 0.00327. The summed E-state index contributed by atoms with van der Waals surface area (Å²) < 4.78 is 2.33. The number of hydrogen-bond donors (Lipinski definition) is 1. The third kappa shape index (κ3) is 3.68. The van der Waals surface area contributed by atoms with Crippen LogP contribution in [0.2, 0.25) is 0 Å². The van der Waals surface area contributed by atoms with Gasteiger partial charge in [-0.15, -0.1) is 0 Å². The zero-order chi connectivity index (χ0) is 20.4. The first-order valence-corrected chi connectivity index (χ1v) is 10.2. The first-order chi connectivity index (χ1) is 14.1. The Morgan fingerprint density at radius 2 is 1.69 bits per heavy atom. The van der Waals surface area contributed by atoms with E-state index in [-0.39, 0.29) is 5.78 Å². The zero-order valence-electron chi connectivity index (χ0n) is 17.1. The molecule has 29 heavy (non-hydrogen) atoms. The van der Waals surface area contributed by atoms with E-state index in [1.807, 2.05) is 24.3 Å². The highest BCUT2D eigenvalue weighted by Crippen LogP contribution is 2.31. The number of fused-ring (bicyclic) bond motifs is 3. The SMILES string of the molecule is CCn1c2ccccc2c2cc(N/C=C/C(=O)c3ccc(C(C)C)cc3)ccc21. The summed E-state index contributed by atoms with van der Waals surface area (Å²) in [4.78, 5) is 12.4. The first kappa shape index (κ1) is 19.0. The molecule has 0 saturated carbocycles. The van der Waals surface area contributed by atoms with Gasteiger partial charge in [-0.1, -0.05) is 56.3 Å². The molecule has 146 valence electrons. The third-order valence-corrected chi connectivity index (χ3v) is 5.44. The summed E-state index contributed by atoms with van der Waals surface area (Å²) in [6.07, 6.45) is 3.31. The third-order valence-electron chi connectivity index (χ3n) is 5.44. The van der Waals surface area contributed by atoms with Crippen LogP contribution >= 0.6 is 0 Å². The van der Waals surface area contributed by atoms with Gasteiger partial charge in [0.1, 0.15) is 0 Å². The normalized spacial score (nSPS) is 11.7. The fraction of sp³-hybridized carbons (Fsp3) is 0.192. The minimum Gasteiger partial charge on any atom is -0.362 e. The number of benzene rings is 3. The Morgan fingerprint density at radius 3 is 2.41 bits per heavy atom. The number of aromatic nitrogens is 1. The van der Waals surface area contributed by atoms with E-state index < -0.39 is 0 Å². The number of ketones is 1. The van der Waals surface area contributed by atoms with Gasteiger partial charge in [0.2, 0.25) is 0 Å². The molecule has 3 nitrogen and oxygen atoms in total. The van der Waals surface area contributed by atoms with Crippen LogP contribution in [0.4, 0.5) is 5.69 Å². The van der Waals surface area contributed by atoms with Crippen LogP contribution in [0.15, 0.2) is 79.0 Å². The molecule has 0 atom stereocenters. The van der Waals surface area contributed by atoms with Crippen LogP contribution in [0.1, 0.15) is 42.6 Å². The highest BCUT2D eigenvalue weighted by atomic mass is 16.1. The van der Waals surface area contributed by atoms with Crippen molar-refractivity contribution in [1.29, 1.82) is 0 Å². The van der Waals surface area contributed by atoms with Crippen LogP contribution in [0, 0.1) is 0 Å². The molecule has 0 radical (unpaired) electrons.